The van der Waals surface area contributed by atoms with Crippen molar-refractivity contribution in [2.24, 2.45) is 11.1 Å². The number of rotatable bonds is 4. The van der Waals surface area contributed by atoms with Gasteiger partial charge in [0.25, 0.3) is 0 Å². The Kier molecular flexibility index (Phi) is 3.55. The van der Waals surface area contributed by atoms with E-state index in [1.807, 2.05) is 7.05 Å². The molecule has 1 aliphatic rings. The maximum Gasteiger partial charge on any atom is 0.0364 e. The summed E-state index contributed by atoms with van der Waals surface area (Å²) in [6, 6.07) is 6.82. The van der Waals surface area contributed by atoms with Crippen molar-refractivity contribution >= 4 is 0 Å². The minimum Gasteiger partial charge on any atom is -0.323 e. The van der Waals surface area contributed by atoms with E-state index in [9.17, 15) is 0 Å². The van der Waals surface area contributed by atoms with E-state index in [2.05, 4.69) is 37.4 Å². The van der Waals surface area contributed by atoms with Gasteiger partial charge in [-0.1, -0.05) is 24.6 Å². The van der Waals surface area contributed by atoms with Gasteiger partial charge in [0, 0.05) is 18.0 Å². The van der Waals surface area contributed by atoms with Crippen LogP contribution in [0.1, 0.15) is 42.0 Å². The molecule has 1 aromatic rings. The topological polar surface area (TPSA) is 38.0 Å². The molecule has 0 saturated heterocycles. The lowest BCUT2D eigenvalue weighted by molar-refractivity contribution is 0.0947. The number of aryl methyl sites for hydroxylation is 2. The first-order valence-electron chi connectivity index (χ1n) is 6.56. The van der Waals surface area contributed by atoms with E-state index in [0.29, 0.717) is 0 Å². The monoisotopic (exact) mass is 232 g/mol. The van der Waals surface area contributed by atoms with Crippen molar-refractivity contribution < 1.29 is 0 Å². The van der Waals surface area contributed by atoms with Gasteiger partial charge in [-0.25, -0.2) is 0 Å². The number of benzene rings is 1. The second-order valence-electron chi connectivity index (χ2n) is 5.57. The van der Waals surface area contributed by atoms with Crippen molar-refractivity contribution in [2.45, 2.75) is 39.2 Å². The smallest absolute Gasteiger partial charge is 0.0364 e. The Labute approximate surface area is 105 Å². The fourth-order valence-corrected chi connectivity index (χ4v) is 2.89. The molecule has 1 aromatic carbocycles. The maximum atomic E-state index is 6.50. The molecular weight excluding hydrogens is 208 g/mol. The van der Waals surface area contributed by atoms with Crippen LogP contribution in [0.25, 0.3) is 0 Å². The van der Waals surface area contributed by atoms with Gasteiger partial charge in [0.15, 0.2) is 0 Å². The molecule has 0 aliphatic heterocycles. The first kappa shape index (κ1) is 12.6. The van der Waals surface area contributed by atoms with Gasteiger partial charge in [-0.2, -0.15) is 0 Å². The number of nitrogens with two attached hydrogens (primary N) is 1. The number of hydrogen-bond acceptors (Lipinski definition) is 2. The fourth-order valence-electron chi connectivity index (χ4n) is 2.89. The zero-order chi connectivity index (χ0) is 12.5. The molecule has 0 heterocycles. The molecule has 1 atom stereocenters. The Balaban J connectivity index is 2.23. The van der Waals surface area contributed by atoms with Crippen LogP contribution >= 0.6 is 0 Å². The van der Waals surface area contributed by atoms with Crippen LogP contribution in [0.15, 0.2) is 18.2 Å². The summed E-state index contributed by atoms with van der Waals surface area (Å²) in [5, 5.41) is 3.31. The van der Waals surface area contributed by atoms with Crippen LogP contribution in [0.4, 0.5) is 0 Å². The molecule has 0 radical (unpaired) electrons. The van der Waals surface area contributed by atoms with Gasteiger partial charge in [-0.05, 0) is 50.4 Å². The van der Waals surface area contributed by atoms with Crippen molar-refractivity contribution in [3.63, 3.8) is 0 Å². The van der Waals surface area contributed by atoms with E-state index in [0.717, 1.165) is 6.54 Å². The molecule has 0 bridgehead atoms. The third-order valence-corrected chi connectivity index (χ3v) is 4.43. The van der Waals surface area contributed by atoms with Crippen molar-refractivity contribution in [1.29, 1.82) is 0 Å². The van der Waals surface area contributed by atoms with Gasteiger partial charge in [0.2, 0.25) is 0 Å². The zero-order valence-corrected chi connectivity index (χ0v) is 11.2. The summed E-state index contributed by atoms with van der Waals surface area (Å²) in [5.41, 5.74) is 10.8. The molecule has 2 rings (SSSR count). The summed E-state index contributed by atoms with van der Waals surface area (Å²) in [6.07, 6.45) is 3.82. The zero-order valence-electron chi connectivity index (χ0n) is 11.2. The van der Waals surface area contributed by atoms with Crippen LogP contribution in [0.2, 0.25) is 0 Å². The summed E-state index contributed by atoms with van der Waals surface area (Å²) in [6.45, 7) is 5.34. The van der Waals surface area contributed by atoms with Gasteiger partial charge in [0.1, 0.15) is 0 Å². The van der Waals surface area contributed by atoms with Crippen LogP contribution in [-0.2, 0) is 0 Å². The summed E-state index contributed by atoms with van der Waals surface area (Å²) < 4.78 is 0. The Morgan fingerprint density at radius 2 is 2.00 bits per heavy atom. The molecule has 94 valence electrons. The average Bonchev–Trinajstić information content (AvgIpc) is 2.26. The van der Waals surface area contributed by atoms with E-state index >= 15 is 0 Å². The Hall–Kier alpha value is -0.860. The standard InChI is InChI=1S/C15H24N2/c1-11-5-6-13(9-12(11)2)14(16)15(10-17-3)7-4-8-15/h5-6,9,14,17H,4,7-8,10,16H2,1-3H3. The van der Waals surface area contributed by atoms with Crippen molar-refractivity contribution in [3.8, 4) is 0 Å². The summed E-state index contributed by atoms with van der Waals surface area (Å²) in [5.74, 6) is 0. The summed E-state index contributed by atoms with van der Waals surface area (Å²) in [7, 11) is 2.02. The second kappa shape index (κ2) is 4.79. The van der Waals surface area contributed by atoms with E-state index in [4.69, 9.17) is 5.73 Å². The predicted molar refractivity (Wildman–Crippen MR) is 73.1 cm³/mol. The molecule has 1 aliphatic carbocycles. The van der Waals surface area contributed by atoms with Gasteiger partial charge in [-0.3, -0.25) is 0 Å². The molecular formula is C15H24N2. The minimum atomic E-state index is 0.169. The third-order valence-electron chi connectivity index (χ3n) is 4.43. The van der Waals surface area contributed by atoms with Crippen LogP contribution in [0.3, 0.4) is 0 Å². The third kappa shape index (κ3) is 2.24. The highest BCUT2D eigenvalue weighted by Crippen LogP contribution is 2.48. The van der Waals surface area contributed by atoms with E-state index in [1.165, 1.54) is 36.0 Å². The molecule has 3 N–H and O–H groups in total. The lowest BCUT2D eigenvalue weighted by Gasteiger charge is -2.46. The van der Waals surface area contributed by atoms with Crippen LogP contribution < -0.4 is 11.1 Å². The van der Waals surface area contributed by atoms with Crippen molar-refractivity contribution in [1.82, 2.24) is 5.32 Å². The van der Waals surface area contributed by atoms with E-state index in [1.54, 1.807) is 0 Å². The van der Waals surface area contributed by atoms with Crippen LogP contribution in [0.5, 0.6) is 0 Å². The molecule has 2 nitrogen and oxygen atoms in total. The van der Waals surface area contributed by atoms with Gasteiger partial charge < -0.3 is 11.1 Å². The summed E-state index contributed by atoms with van der Waals surface area (Å²) in [4.78, 5) is 0. The van der Waals surface area contributed by atoms with Crippen molar-refractivity contribution in [3.05, 3.63) is 34.9 Å². The van der Waals surface area contributed by atoms with Crippen molar-refractivity contribution in [2.75, 3.05) is 13.6 Å². The molecule has 0 spiro atoms. The molecule has 2 heteroatoms. The first-order valence-corrected chi connectivity index (χ1v) is 6.56. The van der Waals surface area contributed by atoms with E-state index < -0.39 is 0 Å². The molecule has 1 saturated carbocycles. The Morgan fingerprint density at radius 3 is 2.47 bits per heavy atom. The Bertz CT molecular complexity index is 394. The number of hydrogen-bond donors (Lipinski definition) is 2. The lowest BCUT2D eigenvalue weighted by atomic mass is 9.62. The lowest BCUT2D eigenvalue weighted by Crippen LogP contribution is -2.46. The highest BCUT2D eigenvalue weighted by atomic mass is 14.9. The minimum absolute atomic E-state index is 0.169. The first-order chi connectivity index (χ1) is 8.09. The fraction of sp³-hybridized carbons (Fsp3) is 0.600. The number of nitrogens with one attached hydrogen (secondary N) is 1. The molecule has 1 unspecified atom stereocenters. The molecule has 0 amide bonds. The van der Waals surface area contributed by atoms with Gasteiger partial charge >= 0.3 is 0 Å². The normalized spacial score (nSPS) is 19.8. The van der Waals surface area contributed by atoms with E-state index in [-0.39, 0.29) is 11.5 Å². The highest BCUT2D eigenvalue weighted by molar-refractivity contribution is 5.33. The molecule has 1 fully saturated rings. The molecule has 17 heavy (non-hydrogen) atoms. The quantitative estimate of drug-likeness (QED) is 0.837. The van der Waals surface area contributed by atoms with Gasteiger partial charge in [0.05, 0.1) is 0 Å². The SMILES string of the molecule is CNCC1(C(N)c2ccc(C)c(C)c2)CCC1. The highest BCUT2D eigenvalue weighted by Gasteiger charge is 2.42. The second-order valence-corrected chi connectivity index (χ2v) is 5.57. The largest absolute Gasteiger partial charge is 0.323 e. The molecule has 0 aromatic heterocycles. The average molecular weight is 232 g/mol. The van der Waals surface area contributed by atoms with Crippen LogP contribution in [-0.4, -0.2) is 13.6 Å². The maximum absolute atomic E-state index is 6.50. The summed E-state index contributed by atoms with van der Waals surface area (Å²) >= 11 is 0. The Morgan fingerprint density at radius 1 is 1.29 bits per heavy atom. The predicted octanol–water partition coefficient (Wildman–Crippen LogP) is 2.69. The van der Waals surface area contributed by atoms with Crippen LogP contribution in [0, 0.1) is 19.3 Å². The van der Waals surface area contributed by atoms with Gasteiger partial charge in [-0.15, -0.1) is 0 Å².